The Balaban J connectivity index is 1.81. The second kappa shape index (κ2) is 8.19. The minimum absolute atomic E-state index is 0.119. The van der Waals surface area contributed by atoms with Gasteiger partial charge in [0.05, 0.1) is 4.90 Å². The van der Waals surface area contributed by atoms with Gasteiger partial charge in [-0.05, 0) is 55.2 Å². The fourth-order valence-electron chi connectivity index (χ4n) is 3.00. The molecule has 1 amide bonds. The molecule has 1 aliphatic heterocycles. The number of anilines is 1. The van der Waals surface area contributed by atoms with Crippen molar-refractivity contribution >= 4 is 44.8 Å². The van der Waals surface area contributed by atoms with Crippen LogP contribution in [0, 0.1) is 5.92 Å². The van der Waals surface area contributed by atoms with Gasteiger partial charge in [0.15, 0.2) is 0 Å². The number of benzene rings is 2. The zero-order valence-corrected chi connectivity index (χ0v) is 17.1. The first-order valence-electron chi connectivity index (χ1n) is 8.63. The Morgan fingerprint density at radius 3 is 2.33 bits per heavy atom. The summed E-state index contributed by atoms with van der Waals surface area (Å²) in [4.78, 5) is 12.6. The monoisotopic (exact) mass is 426 g/mol. The third kappa shape index (κ3) is 4.82. The van der Waals surface area contributed by atoms with Gasteiger partial charge < -0.3 is 5.32 Å². The Labute approximate surface area is 169 Å². The van der Waals surface area contributed by atoms with Crippen molar-refractivity contribution in [1.29, 1.82) is 0 Å². The maximum absolute atomic E-state index is 12.9. The zero-order chi connectivity index (χ0) is 19.6. The average molecular weight is 427 g/mol. The Morgan fingerprint density at radius 2 is 1.70 bits per heavy atom. The molecular formula is C19H20Cl2N2O3S. The lowest BCUT2D eigenvalue weighted by Crippen LogP contribution is -2.37. The summed E-state index contributed by atoms with van der Waals surface area (Å²) >= 11 is 11.9. The first-order valence-corrected chi connectivity index (χ1v) is 10.8. The number of hydrogen-bond acceptors (Lipinski definition) is 3. The van der Waals surface area contributed by atoms with E-state index in [1.165, 1.54) is 16.4 Å². The Morgan fingerprint density at radius 1 is 1.07 bits per heavy atom. The van der Waals surface area contributed by atoms with E-state index in [1.54, 1.807) is 30.3 Å². The highest BCUT2D eigenvalue weighted by molar-refractivity contribution is 7.89. The zero-order valence-electron chi connectivity index (χ0n) is 14.8. The van der Waals surface area contributed by atoms with E-state index in [0.717, 1.165) is 12.8 Å². The summed E-state index contributed by atoms with van der Waals surface area (Å²) in [5.41, 5.74) is 0.688. The van der Waals surface area contributed by atoms with Crippen molar-refractivity contribution < 1.29 is 13.2 Å². The van der Waals surface area contributed by atoms with Crippen LogP contribution in [0.15, 0.2) is 47.4 Å². The van der Waals surface area contributed by atoms with Crippen molar-refractivity contribution in [3.05, 3.63) is 58.1 Å². The lowest BCUT2D eigenvalue weighted by molar-refractivity contribution is 0.102. The summed E-state index contributed by atoms with van der Waals surface area (Å²) < 4.78 is 27.2. The van der Waals surface area contributed by atoms with E-state index in [2.05, 4.69) is 12.2 Å². The van der Waals surface area contributed by atoms with Crippen molar-refractivity contribution in [3.8, 4) is 0 Å². The van der Waals surface area contributed by atoms with E-state index < -0.39 is 15.9 Å². The summed E-state index contributed by atoms with van der Waals surface area (Å²) in [6, 6.07) is 10.8. The van der Waals surface area contributed by atoms with Gasteiger partial charge in [-0.3, -0.25) is 4.79 Å². The van der Waals surface area contributed by atoms with Crippen LogP contribution in [0.25, 0.3) is 0 Å². The fraction of sp³-hybridized carbons (Fsp3) is 0.316. The number of carbonyl (C=O) groups excluding carboxylic acids is 1. The number of nitrogens with zero attached hydrogens (tertiary/aromatic N) is 1. The first-order chi connectivity index (χ1) is 12.8. The predicted molar refractivity (Wildman–Crippen MR) is 108 cm³/mol. The highest BCUT2D eigenvalue weighted by atomic mass is 35.5. The summed E-state index contributed by atoms with van der Waals surface area (Å²) in [7, 11) is -3.62. The molecule has 1 saturated heterocycles. The van der Waals surface area contributed by atoms with E-state index in [9.17, 15) is 13.2 Å². The van der Waals surface area contributed by atoms with Crippen LogP contribution in [-0.4, -0.2) is 31.7 Å². The molecule has 0 aromatic heterocycles. The van der Waals surface area contributed by atoms with E-state index in [1.807, 2.05) is 0 Å². The van der Waals surface area contributed by atoms with Gasteiger partial charge in [0.1, 0.15) is 0 Å². The van der Waals surface area contributed by atoms with Gasteiger partial charge in [0.25, 0.3) is 5.91 Å². The summed E-state index contributed by atoms with van der Waals surface area (Å²) in [5.74, 6) is 0.0933. The van der Waals surface area contributed by atoms with Gasteiger partial charge >= 0.3 is 0 Å². The molecular weight excluding hydrogens is 407 g/mol. The molecule has 8 heteroatoms. The minimum Gasteiger partial charge on any atom is -0.322 e. The van der Waals surface area contributed by atoms with Crippen LogP contribution in [0.5, 0.6) is 0 Å². The number of hydrogen-bond donors (Lipinski definition) is 1. The molecule has 27 heavy (non-hydrogen) atoms. The van der Waals surface area contributed by atoms with E-state index >= 15 is 0 Å². The Bertz CT molecular complexity index is 935. The van der Waals surface area contributed by atoms with Crippen molar-refractivity contribution in [2.75, 3.05) is 18.4 Å². The summed E-state index contributed by atoms with van der Waals surface area (Å²) in [6.45, 7) is 3.12. The van der Waals surface area contributed by atoms with E-state index in [4.69, 9.17) is 23.2 Å². The smallest absolute Gasteiger partial charge is 0.255 e. The lowest BCUT2D eigenvalue weighted by Gasteiger charge is -2.29. The maximum Gasteiger partial charge on any atom is 0.255 e. The molecule has 2 aromatic rings. The molecule has 1 heterocycles. The third-order valence-corrected chi connectivity index (χ3v) is 6.93. The molecule has 0 radical (unpaired) electrons. The SMILES string of the molecule is CC1CCN(S(=O)(=O)c2cccc(C(=O)Nc3cc(Cl)cc(Cl)c3)c2)CC1. The standard InChI is InChI=1S/C19H20Cl2N2O3S/c1-13-5-7-23(8-6-13)27(25,26)18-4-2-3-14(9-18)19(24)22-17-11-15(20)10-16(21)12-17/h2-4,9-13H,5-8H2,1H3,(H,22,24). The number of rotatable bonds is 4. The first kappa shape index (κ1) is 20.1. The number of carbonyl (C=O) groups is 1. The second-order valence-electron chi connectivity index (χ2n) is 6.73. The molecule has 1 N–H and O–H groups in total. The van der Waals surface area contributed by atoms with E-state index in [-0.39, 0.29) is 10.5 Å². The number of piperidine rings is 1. The normalized spacial score (nSPS) is 16.3. The van der Waals surface area contributed by atoms with Gasteiger partial charge in [0.2, 0.25) is 10.0 Å². The van der Waals surface area contributed by atoms with Crippen molar-refractivity contribution in [1.82, 2.24) is 4.31 Å². The van der Waals surface area contributed by atoms with Crippen LogP contribution in [0.3, 0.4) is 0 Å². The number of sulfonamides is 1. The third-order valence-electron chi connectivity index (χ3n) is 4.60. The number of amides is 1. The van der Waals surface area contributed by atoms with Crippen molar-refractivity contribution in [3.63, 3.8) is 0 Å². The molecule has 1 aliphatic rings. The van der Waals surface area contributed by atoms with Crippen molar-refractivity contribution in [2.24, 2.45) is 5.92 Å². The van der Waals surface area contributed by atoms with E-state index in [0.29, 0.717) is 34.7 Å². The molecule has 0 atom stereocenters. The molecule has 0 unspecified atom stereocenters. The largest absolute Gasteiger partial charge is 0.322 e. The minimum atomic E-state index is -3.62. The van der Waals surface area contributed by atoms with Crippen LogP contribution >= 0.6 is 23.2 Å². The van der Waals surface area contributed by atoms with Crippen LogP contribution in [0.2, 0.25) is 10.0 Å². The molecule has 1 fully saturated rings. The van der Waals surface area contributed by atoms with Gasteiger partial charge in [-0.2, -0.15) is 4.31 Å². The highest BCUT2D eigenvalue weighted by Crippen LogP contribution is 2.25. The number of nitrogens with one attached hydrogen (secondary N) is 1. The molecule has 0 bridgehead atoms. The Kier molecular flexibility index (Phi) is 6.11. The number of halogens is 2. The molecule has 3 rings (SSSR count). The quantitative estimate of drug-likeness (QED) is 0.772. The topological polar surface area (TPSA) is 66.5 Å². The maximum atomic E-state index is 12.9. The van der Waals surface area contributed by atoms with Gasteiger partial charge in [-0.25, -0.2) is 8.42 Å². The highest BCUT2D eigenvalue weighted by Gasteiger charge is 2.28. The predicted octanol–water partition coefficient (Wildman–Crippen LogP) is 4.67. The molecule has 5 nitrogen and oxygen atoms in total. The molecule has 144 valence electrons. The fourth-order valence-corrected chi connectivity index (χ4v) is 5.04. The van der Waals surface area contributed by atoms with Gasteiger partial charge in [-0.1, -0.05) is 36.2 Å². The molecule has 0 aliphatic carbocycles. The average Bonchev–Trinajstić information content (AvgIpc) is 2.61. The summed E-state index contributed by atoms with van der Waals surface area (Å²) in [5, 5.41) is 3.48. The Hall–Kier alpha value is -1.60. The second-order valence-corrected chi connectivity index (χ2v) is 9.54. The van der Waals surface area contributed by atoms with Crippen LogP contribution in [0.1, 0.15) is 30.1 Å². The lowest BCUT2D eigenvalue weighted by atomic mass is 10.0. The molecule has 0 spiro atoms. The molecule has 2 aromatic carbocycles. The van der Waals surface area contributed by atoms with Crippen LogP contribution in [0.4, 0.5) is 5.69 Å². The van der Waals surface area contributed by atoms with Crippen molar-refractivity contribution in [2.45, 2.75) is 24.7 Å². The van der Waals surface area contributed by atoms with Gasteiger partial charge in [0, 0.05) is 34.4 Å². The molecule has 0 saturated carbocycles. The van der Waals surface area contributed by atoms with Crippen LogP contribution in [-0.2, 0) is 10.0 Å². The van der Waals surface area contributed by atoms with Crippen LogP contribution < -0.4 is 5.32 Å². The van der Waals surface area contributed by atoms with Gasteiger partial charge in [-0.15, -0.1) is 0 Å². The summed E-state index contributed by atoms with van der Waals surface area (Å²) in [6.07, 6.45) is 1.68.